The Balaban J connectivity index is 2.97. The summed E-state index contributed by atoms with van der Waals surface area (Å²) in [6.45, 7) is 3.66. The van der Waals surface area contributed by atoms with E-state index in [-0.39, 0.29) is 5.91 Å². The fourth-order valence-electron chi connectivity index (χ4n) is 1.77. The van der Waals surface area contributed by atoms with Crippen LogP contribution in [0.2, 0.25) is 5.02 Å². The Labute approximate surface area is 118 Å². The van der Waals surface area contributed by atoms with Gasteiger partial charge >= 0.3 is 0 Å². The quantitative estimate of drug-likeness (QED) is 0.896. The zero-order chi connectivity index (χ0) is 14.5. The van der Waals surface area contributed by atoms with E-state index in [0.717, 1.165) is 0 Å². The minimum atomic E-state index is -0.993. The third-order valence-corrected chi connectivity index (χ3v) is 3.58. The first kappa shape index (κ1) is 15.3. The van der Waals surface area contributed by atoms with E-state index in [0.29, 0.717) is 29.3 Å². The highest BCUT2D eigenvalue weighted by molar-refractivity contribution is 6.32. The Kier molecular flexibility index (Phi) is 5.20. The summed E-state index contributed by atoms with van der Waals surface area (Å²) >= 11 is 5.91. The molecular formula is C14H17ClN2O2. The van der Waals surface area contributed by atoms with Crippen LogP contribution < -0.4 is 10.1 Å². The Morgan fingerprint density at radius 3 is 2.58 bits per heavy atom. The van der Waals surface area contributed by atoms with Crippen molar-refractivity contribution in [2.75, 3.05) is 12.4 Å². The number of ether oxygens (including phenoxy) is 1. The lowest BCUT2D eigenvalue weighted by Crippen LogP contribution is -2.33. The van der Waals surface area contributed by atoms with Gasteiger partial charge in [-0.05, 0) is 25.0 Å². The van der Waals surface area contributed by atoms with Crippen LogP contribution in [0.4, 0.5) is 5.69 Å². The van der Waals surface area contributed by atoms with Gasteiger partial charge in [-0.3, -0.25) is 4.79 Å². The van der Waals surface area contributed by atoms with Crippen molar-refractivity contribution in [1.82, 2.24) is 0 Å². The molecule has 1 aromatic rings. The second-order valence-electron chi connectivity index (χ2n) is 4.20. The molecule has 0 heterocycles. The van der Waals surface area contributed by atoms with Gasteiger partial charge in [-0.25, -0.2) is 0 Å². The molecule has 1 N–H and O–H groups in total. The number of rotatable bonds is 5. The molecule has 1 aromatic carbocycles. The van der Waals surface area contributed by atoms with Crippen molar-refractivity contribution in [3.8, 4) is 11.8 Å². The molecule has 1 amide bonds. The predicted molar refractivity (Wildman–Crippen MR) is 75.3 cm³/mol. The first-order valence-electron chi connectivity index (χ1n) is 6.09. The van der Waals surface area contributed by atoms with Crippen molar-refractivity contribution in [2.24, 2.45) is 5.41 Å². The maximum absolute atomic E-state index is 12.2. The summed E-state index contributed by atoms with van der Waals surface area (Å²) in [6, 6.07) is 7.06. The second-order valence-corrected chi connectivity index (χ2v) is 4.61. The lowest BCUT2D eigenvalue weighted by atomic mass is 9.83. The molecule has 0 saturated heterocycles. The second kappa shape index (κ2) is 6.44. The van der Waals surface area contributed by atoms with Gasteiger partial charge in [0.05, 0.1) is 18.2 Å². The number of nitrogens with zero attached hydrogens (tertiary/aromatic N) is 1. The summed E-state index contributed by atoms with van der Waals surface area (Å²) in [7, 11) is 1.50. The van der Waals surface area contributed by atoms with Crippen molar-refractivity contribution in [3.63, 3.8) is 0 Å². The van der Waals surface area contributed by atoms with Crippen molar-refractivity contribution in [1.29, 1.82) is 5.26 Å². The fourth-order valence-corrected chi connectivity index (χ4v) is 1.96. The first-order valence-corrected chi connectivity index (χ1v) is 6.47. The minimum absolute atomic E-state index is 0.302. The van der Waals surface area contributed by atoms with Crippen LogP contribution >= 0.6 is 11.6 Å². The molecule has 0 saturated carbocycles. The summed E-state index contributed by atoms with van der Waals surface area (Å²) < 4.78 is 5.08. The van der Waals surface area contributed by atoms with E-state index >= 15 is 0 Å². The highest BCUT2D eigenvalue weighted by Gasteiger charge is 2.35. The fraction of sp³-hybridized carbons (Fsp3) is 0.429. The molecule has 0 aromatic heterocycles. The molecule has 0 unspecified atom stereocenters. The zero-order valence-electron chi connectivity index (χ0n) is 11.3. The number of methoxy groups -OCH3 is 1. The van der Waals surface area contributed by atoms with Crippen LogP contribution in [-0.2, 0) is 4.79 Å². The third kappa shape index (κ3) is 3.18. The highest BCUT2D eigenvalue weighted by Crippen LogP contribution is 2.30. The SMILES string of the molecule is CCC(C#N)(CC)C(=O)Nc1ccc(Cl)c(OC)c1. The molecular weight excluding hydrogens is 264 g/mol. The molecule has 0 spiro atoms. The first-order chi connectivity index (χ1) is 9.02. The van der Waals surface area contributed by atoms with Crippen LogP contribution in [0, 0.1) is 16.7 Å². The monoisotopic (exact) mass is 280 g/mol. The number of carbonyl (C=O) groups excluding carboxylic acids is 1. The van der Waals surface area contributed by atoms with Gasteiger partial charge in [-0.2, -0.15) is 5.26 Å². The number of nitrogens with one attached hydrogen (secondary N) is 1. The summed E-state index contributed by atoms with van der Waals surface area (Å²) in [5.41, 5.74) is -0.430. The van der Waals surface area contributed by atoms with Crippen molar-refractivity contribution in [3.05, 3.63) is 23.2 Å². The van der Waals surface area contributed by atoms with Crippen LogP contribution in [-0.4, -0.2) is 13.0 Å². The van der Waals surface area contributed by atoms with Gasteiger partial charge in [0.2, 0.25) is 5.91 Å². The van der Waals surface area contributed by atoms with E-state index in [9.17, 15) is 10.1 Å². The number of anilines is 1. The molecule has 0 atom stereocenters. The van der Waals surface area contributed by atoms with Crippen molar-refractivity contribution in [2.45, 2.75) is 26.7 Å². The van der Waals surface area contributed by atoms with Gasteiger partial charge in [0.25, 0.3) is 0 Å². The predicted octanol–water partition coefficient (Wildman–Crippen LogP) is 3.62. The number of hydrogen-bond acceptors (Lipinski definition) is 3. The summed E-state index contributed by atoms with van der Waals surface area (Å²) in [5, 5.41) is 12.4. The van der Waals surface area contributed by atoms with E-state index < -0.39 is 5.41 Å². The molecule has 0 fully saturated rings. The molecule has 1 rings (SSSR count). The molecule has 19 heavy (non-hydrogen) atoms. The number of carbonyl (C=O) groups is 1. The van der Waals surface area contributed by atoms with Gasteiger partial charge in [-0.15, -0.1) is 0 Å². The van der Waals surface area contributed by atoms with Gasteiger partial charge in [0, 0.05) is 11.8 Å². The normalized spacial score (nSPS) is 10.7. The summed E-state index contributed by atoms with van der Waals surface area (Å²) in [5.74, 6) is 0.180. The van der Waals surface area contributed by atoms with Crippen LogP contribution in [0.15, 0.2) is 18.2 Å². The molecule has 0 aliphatic rings. The molecule has 0 bridgehead atoms. The average Bonchev–Trinajstić information content (AvgIpc) is 2.43. The summed E-state index contributed by atoms with van der Waals surface area (Å²) in [4.78, 5) is 12.2. The number of hydrogen-bond donors (Lipinski definition) is 1. The minimum Gasteiger partial charge on any atom is -0.495 e. The Bertz CT molecular complexity index is 505. The average molecular weight is 281 g/mol. The Morgan fingerprint density at radius 2 is 2.11 bits per heavy atom. The van der Waals surface area contributed by atoms with E-state index in [1.807, 2.05) is 13.8 Å². The zero-order valence-corrected chi connectivity index (χ0v) is 12.0. The van der Waals surface area contributed by atoms with E-state index in [2.05, 4.69) is 11.4 Å². The smallest absolute Gasteiger partial charge is 0.244 e. The number of amides is 1. The Hall–Kier alpha value is -1.73. The number of benzene rings is 1. The van der Waals surface area contributed by atoms with Crippen molar-refractivity contribution >= 4 is 23.2 Å². The molecule has 0 aliphatic heterocycles. The number of halogens is 1. The molecule has 5 heteroatoms. The third-order valence-electron chi connectivity index (χ3n) is 3.26. The van der Waals surface area contributed by atoms with E-state index in [4.69, 9.17) is 16.3 Å². The standard InChI is InChI=1S/C14H17ClN2O2/c1-4-14(5-2,9-16)13(18)17-10-6-7-11(15)12(8-10)19-3/h6-8H,4-5H2,1-3H3,(H,17,18). The van der Waals surface area contributed by atoms with E-state index in [1.54, 1.807) is 18.2 Å². The topological polar surface area (TPSA) is 62.1 Å². The molecule has 4 nitrogen and oxygen atoms in total. The molecule has 0 radical (unpaired) electrons. The van der Waals surface area contributed by atoms with Crippen molar-refractivity contribution < 1.29 is 9.53 Å². The van der Waals surface area contributed by atoms with Crippen LogP contribution in [0.25, 0.3) is 0 Å². The Morgan fingerprint density at radius 1 is 1.47 bits per heavy atom. The van der Waals surface area contributed by atoms with Gasteiger partial charge in [0.15, 0.2) is 0 Å². The summed E-state index contributed by atoms with van der Waals surface area (Å²) in [6.07, 6.45) is 0.938. The lowest BCUT2D eigenvalue weighted by molar-refractivity contribution is -0.123. The van der Waals surface area contributed by atoms with Gasteiger partial charge < -0.3 is 10.1 Å². The number of nitriles is 1. The lowest BCUT2D eigenvalue weighted by Gasteiger charge is -2.22. The maximum Gasteiger partial charge on any atom is 0.244 e. The molecule has 0 aliphatic carbocycles. The van der Waals surface area contributed by atoms with Crippen LogP contribution in [0.5, 0.6) is 5.75 Å². The van der Waals surface area contributed by atoms with Gasteiger partial charge in [-0.1, -0.05) is 25.4 Å². The molecule has 102 valence electrons. The highest BCUT2D eigenvalue weighted by atomic mass is 35.5. The van der Waals surface area contributed by atoms with E-state index in [1.165, 1.54) is 7.11 Å². The van der Waals surface area contributed by atoms with Crippen LogP contribution in [0.1, 0.15) is 26.7 Å². The maximum atomic E-state index is 12.2. The van der Waals surface area contributed by atoms with Crippen LogP contribution in [0.3, 0.4) is 0 Å². The van der Waals surface area contributed by atoms with Gasteiger partial charge in [0.1, 0.15) is 11.2 Å². The largest absolute Gasteiger partial charge is 0.495 e.